The molecule has 6 nitrogen and oxygen atoms in total. The van der Waals surface area contributed by atoms with Crippen LogP contribution in [0.2, 0.25) is 5.02 Å². The number of carbonyl (C=O) groups is 1. The van der Waals surface area contributed by atoms with E-state index >= 15 is 0 Å². The van der Waals surface area contributed by atoms with Gasteiger partial charge in [-0.25, -0.2) is 10.8 Å². The summed E-state index contributed by atoms with van der Waals surface area (Å²) in [5.74, 6) is 5.10. The molecule has 0 aliphatic carbocycles. The summed E-state index contributed by atoms with van der Waals surface area (Å²) in [6.07, 6.45) is 1.51. The number of anilines is 2. The number of nitrogens with zero attached hydrogens (tertiary/aromatic N) is 2. The zero-order valence-electron chi connectivity index (χ0n) is 10.2. The van der Waals surface area contributed by atoms with Gasteiger partial charge in [-0.3, -0.25) is 4.79 Å². The highest BCUT2D eigenvalue weighted by Crippen LogP contribution is 2.22. The van der Waals surface area contributed by atoms with Crippen molar-refractivity contribution in [2.24, 2.45) is 5.84 Å². The summed E-state index contributed by atoms with van der Waals surface area (Å²) in [5.41, 5.74) is 3.25. The highest BCUT2D eigenvalue weighted by atomic mass is 35.5. The van der Waals surface area contributed by atoms with Gasteiger partial charge in [0.1, 0.15) is 6.07 Å². The second-order valence-electron chi connectivity index (χ2n) is 3.80. The number of hydrazine groups is 1. The van der Waals surface area contributed by atoms with E-state index in [-0.39, 0.29) is 11.4 Å². The van der Waals surface area contributed by atoms with Gasteiger partial charge in [-0.1, -0.05) is 11.6 Å². The first kappa shape index (κ1) is 13.8. The number of nitrogens with two attached hydrogens (primary N) is 1. The third kappa shape index (κ3) is 2.85. The van der Waals surface area contributed by atoms with E-state index in [0.717, 1.165) is 0 Å². The van der Waals surface area contributed by atoms with Crippen LogP contribution in [0.15, 0.2) is 36.5 Å². The molecule has 0 atom stereocenters. The Hall–Kier alpha value is -2.62. The fourth-order valence-corrected chi connectivity index (χ4v) is 1.78. The van der Waals surface area contributed by atoms with Gasteiger partial charge in [-0.15, -0.1) is 0 Å². The summed E-state index contributed by atoms with van der Waals surface area (Å²) >= 11 is 5.86. The maximum absolute atomic E-state index is 12.2. The van der Waals surface area contributed by atoms with Crippen LogP contribution in [0.1, 0.15) is 15.9 Å². The normalized spacial score (nSPS) is 9.65. The van der Waals surface area contributed by atoms with Gasteiger partial charge in [-0.05, 0) is 30.3 Å². The number of nitriles is 1. The van der Waals surface area contributed by atoms with E-state index in [4.69, 9.17) is 22.7 Å². The zero-order valence-corrected chi connectivity index (χ0v) is 11.0. The minimum Gasteiger partial charge on any atom is -0.321 e. The van der Waals surface area contributed by atoms with Crippen LogP contribution in [0.3, 0.4) is 0 Å². The summed E-state index contributed by atoms with van der Waals surface area (Å²) in [6.45, 7) is 0. The van der Waals surface area contributed by atoms with Crippen molar-refractivity contribution in [3.8, 4) is 6.07 Å². The van der Waals surface area contributed by atoms with E-state index in [0.29, 0.717) is 16.3 Å². The van der Waals surface area contributed by atoms with Gasteiger partial charge in [0.2, 0.25) is 0 Å². The number of halogens is 1. The van der Waals surface area contributed by atoms with Crippen molar-refractivity contribution in [1.82, 2.24) is 4.98 Å². The van der Waals surface area contributed by atoms with Crippen LogP contribution >= 0.6 is 11.6 Å². The minimum atomic E-state index is -0.440. The molecule has 0 saturated heterocycles. The topological polar surface area (TPSA) is 104 Å². The number of benzene rings is 1. The lowest BCUT2D eigenvalue weighted by Crippen LogP contribution is -2.18. The molecule has 4 N–H and O–H groups in total. The predicted molar refractivity (Wildman–Crippen MR) is 76.2 cm³/mol. The first-order valence-corrected chi connectivity index (χ1v) is 5.96. The van der Waals surface area contributed by atoms with Crippen molar-refractivity contribution in [3.63, 3.8) is 0 Å². The highest BCUT2D eigenvalue weighted by molar-refractivity contribution is 6.31. The first-order valence-electron chi connectivity index (χ1n) is 5.58. The number of aromatic nitrogens is 1. The van der Waals surface area contributed by atoms with Crippen LogP contribution < -0.4 is 16.6 Å². The van der Waals surface area contributed by atoms with Crippen molar-refractivity contribution in [2.45, 2.75) is 0 Å². The molecule has 0 radical (unpaired) electrons. The second-order valence-corrected chi connectivity index (χ2v) is 4.24. The average Bonchev–Trinajstić information content (AvgIpc) is 2.47. The van der Waals surface area contributed by atoms with Gasteiger partial charge < -0.3 is 10.7 Å². The first-order chi connectivity index (χ1) is 9.65. The largest absolute Gasteiger partial charge is 0.321 e. The standard InChI is InChI=1S/C13H10ClN5O/c14-9-4-3-8(7-15)11(6-9)18-13(20)10-2-1-5-17-12(10)19-16/h1-6H,16H2,(H,17,19)(H,18,20). The van der Waals surface area contributed by atoms with Crippen molar-refractivity contribution in [2.75, 3.05) is 10.7 Å². The monoisotopic (exact) mass is 287 g/mol. The molecular weight excluding hydrogens is 278 g/mol. The summed E-state index contributed by atoms with van der Waals surface area (Å²) in [7, 11) is 0. The third-order valence-electron chi connectivity index (χ3n) is 2.54. The zero-order chi connectivity index (χ0) is 14.5. The Bertz CT molecular complexity index is 695. The predicted octanol–water partition coefficient (Wildman–Crippen LogP) is 2.14. The van der Waals surface area contributed by atoms with Crippen LogP contribution in [-0.2, 0) is 0 Å². The van der Waals surface area contributed by atoms with Gasteiger partial charge in [0.25, 0.3) is 5.91 Å². The molecule has 0 spiro atoms. The van der Waals surface area contributed by atoms with E-state index < -0.39 is 5.91 Å². The second kappa shape index (κ2) is 6.02. The number of nitrogen functional groups attached to an aromatic ring is 1. The molecule has 20 heavy (non-hydrogen) atoms. The molecule has 2 rings (SSSR count). The van der Waals surface area contributed by atoms with Crippen molar-refractivity contribution < 1.29 is 4.79 Å². The molecule has 1 aromatic carbocycles. The maximum Gasteiger partial charge on any atom is 0.259 e. The van der Waals surface area contributed by atoms with Gasteiger partial charge in [0.05, 0.1) is 16.8 Å². The van der Waals surface area contributed by atoms with Gasteiger partial charge >= 0.3 is 0 Å². The molecule has 100 valence electrons. The fraction of sp³-hybridized carbons (Fsp3) is 0. The molecule has 1 amide bonds. The summed E-state index contributed by atoms with van der Waals surface area (Å²) < 4.78 is 0. The Labute approximate surface area is 120 Å². The van der Waals surface area contributed by atoms with E-state index in [1.54, 1.807) is 18.2 Å². The quantitative estimate of drug-likeness (QED) is 0.593. The van der Waals surface area contributed by atoms with Crippen molar-refractivity contribution in [1.29, 1.82) is 5.26 Å². The Morgan fingerprint density at radius 3 is 2.90 bits per heavy atom. The molecule has 1 heterocycles. The smallest absolute Gasteiger partial charge is 0.259 e. The maximum atomic E-state index is 12.2. The highest BCUT2D eigenvalue weighted by Gasteiger charge is 2.13. The van der Waals surface area contributed by atoms with Crippen LogP contribution in [0.5, 0.6) is 0 Å². The lowest BCUT2D eigenvalue weighted by molar-refractivity contribution is 0.102. The molecule has 7 heteroatoms. The SMILES string of the molecule is N#Cc1ccc(Cl)cc1NC(=O)c1cccnc1NN. The number of hydrogen-bond acceptors (Lipinski definition) is 5. The minimum absolute atomic E-state index is 0.241. The Kier molecular flexibility index (Phi) is 4.15. The van der Waals surface area contributed by atoms with Crippen LogP contribution in [-0.4, -0.2) is 10.9 Å². The lowest BCUT2D eigenvalue weighted by atomic mass is 10.1. The van der Waals surface area contributed by atoms with Crippen molar-refractivity contribution in [3.05, 3.63) is 52.7 Å². The van der Waals surface area contributed by atoms with E-state index in [2.05, 4.69) is 15.7 Å². The molecule has 0 bridgehead atoms. The Morgan fingerprint density at radius 1 is 1.40 bits per heavy atom. The third-order valence-corrected chi connectivity index (χ3v) is 2.77. The van der Waals surface area contributed by atoms with Crippen LogP contribution in [0.4, 0.5) is 11.5 Å². The van der Waals surface area contributed by atoms with Gasteiger partial charge in [0.15, 0.2) is 5.82 Å². The lowest BCUT2D eigenvalue weighted by Gasteiger charge is -2.10. The molecular formula is C13H10ClN5O. The number of hydrogen-bond donors (Lipinski definition) is 3. The van der Waals surface area contributed by atoms with Crippen molar-refractivity contribution >= 4 is 29.0 Å². The number of carbonyl (C=O) groups excluding carboxylic acids is 1. The molecule has 0 aliphatic rings. The fourth-order valence-electron chi connectivity index (χ4n) is 1.61. The molecule has 0 aliphatic heterocycles. The summed E-state index contributed by atoms with van der Waals surface area (Å²) in [6, 6.07) is 9.76. The molecule has 0 saturated carbocycles. The molecule has 0 fully saturated rings. The summed E-state index contributed by atoms with van der Waals surface area (Å²) in [5, 5.41) is 12.0. The summed E-state index contributed by atoms with van der Waals surface area (Å²) in [4.78, 5) is 16.1. The van der Waals surface area contributed by atoms with Crippen LogP contribution in [0, 0.1) is 11.3 Å². The average molecular weight is 288 g/mol. The number of pyridine rings is 1. The number of nitrogens with one attached hydrogen (secondary N) is 2. The van der Waals surface area contributed by atoms with E-state index in [1.165, 1.54) is 18.3 Å². The van der Waals surface area contributed by atoms with Crippen LogP contribution in [0.25, 0.3) is 0 Å². The van der Waals surface area contributed by atoms with Gasteiger partial charge in [-0.2, -0.15) is 5.26 Å². The molecule has 2 aromatic rings. The number of amides is 1. The van der Waals surface area contributed by atoms with E-state index in [9.17, 15) is 4.79 Å². The van der Waals surface area contributed by atoms with E-state index in [1.807, 2.05) is 6.07 Å². The Morgan fingerprint density at radius 2 is 2.20 bits per heavy atom. The Balaban J connectivity index is 2.33. The molecule has 1 aromatic heterocycles. The molecule has 0 unspecified atom stereocenters. The van der Waals surface area contributed by atoms with Gasteiger partial charge in [0, 0.05) is 11.2 Å². The number of rotatable bonds is 3.